The quantitative estimate of drug-likeness (QED) is 0.396. The zero-order valence-electron chi connectivity index (χ0n) is 4.90. The van der Waals surface area contributed by atoms with Crippen LogP contribution in [-0.2, 0) is 0 Å². The van der Waals surface area contributed by atoms with Crippen molar-refractivity contribution in [1.29, 1.82) is 0 Å². The van der Waals surface area contributed by atoms with Crippen LogP contribution in [0.4, 0.5) is 0 Å². The maximum Gasteiger partial charge on any atom is 0.100 e. The van der Waals surface area contributed by atoms with E-state index in [0.717, 1.165) is 13.1 Å². The maximum absolute atomic E-state index is 3.67. The summed E-state index contributed by atoms with van der Waals surface area (Å²) in [7, 11) is 0. The molecule has 2 heterocycles. The average Bonchev–Trinajstić information content (AvgIpc) is 2.22. The molecule has 2 unspecified atom stereocenters. The van der Waals surface area contributed by atoms with E-state index >= 15 is 0 Å². The van der Waals surface area contributed by atoms with E-state index in [2.05, 4.69) is 41.3 Å². The molecule has 52 valence electrons. The molecule has 0 amide bonds. The molecule has 2 aliphatic rings. The number of nitrogens with one attached hydrogen (secondary N) is 1. The van der Waals surface area contributed by atoms with Gasteiger partial charge in [-0.05, 0) is 6.42 Å². The first-order valence-corrected chi connectivity index (χ1v) is 4.57. The highest BCUT2D eigenvalue weighted by Crippen LogP contribution is 2.41. The molecule has 0 saturated carbocycles. The first-order chi connectivity index (χ1) is 4.21. The number of halogens is 2. The van der Waals surface area contributed by atoms with E-state index in [1.165, 1.54) is 6.42 Å². The summed E-state index contributed by atoms with van der Waals surface area (Å²) in [6.07, 6.45) is 1.22. The second-order valence-corrected chi connectivity index (χ2v) is 5.08. The largest absolute Gasteiger partial charge is 0.310 e. The van der Waals surface area contributed by atoms with Crippen LogP contribution < -0.4 is 5.32 Å². The van der Waals surface area contributed by atoms with Gasteiger partial charge in [0.25, 0.3) is 0 Å². The molecule has 2 atom stereocenters. The molecule has 0 aromatic rings. The Kier molecular flexibility index (Phi) is 1.42. The standard InChI is InChI=1S/C5H8Br2N2/c6-5-1-4(8-3-5)2-9(5)7/h4,8H,1-3H2. The smallest absolute Gasteiger partial charge is 0.100 e. The lowest BCUT2D eigenvalue weighted by atomic mass is 10.2. The minimum atomic E-state index is 0.220. The highest BCUT2D eigenvalue weighted by Gasteiger charge is 2.48. The van der Waals surface area contributed by atoms with Crippen LogP contribution in [0.3, 0.4) is 0 Å². The lowest BCUT2D eigenvalue weighted by Crippen LogP contribution is -2.43. The number of hydrogen-bond donors (Lipinski definition) is 1. The molecule has 2 fully saturated rings. The van der Waals surface area contributed by atoms with Gasteiger partial charge in [0, 0.05) is 35.3 Å². The Morgan fingerprint density at radius 3 is 2.67 bits per heavy atom. The van der Waals surface area contributed by atoms with Crippen LogP contribution in [0.15, 0.2) is 0 Å². The van der Waals surface area contributed by atoms with E-state index in [0.29, 0.717) is 6.04 Å². The molecule has 2 aliphatic heterocycles. The van der Waals surface area contributed by atoms with Crippen molar-refractivity contribution < 1.29 is 0 Å². The predicted octanol–water partition coefficient (Wildman–Crippen LogP) is 1.06. The lowest BCUT2D eigenvalue weighted by molar-refractivity contribution is 0.374. The second-order valence-electron chi connectivity index (χ2n) is 2.74. The molecule has 2 nitrogen and oxygen atoms in total. The molecule has 0 spiro atoms. The normalized spacial score (nSPS) is 50.7. The second kappa shape index (κ2) is 1.94. The van der Waals surface area contributed by atoms with Gasteiger partial charge in [0.05, 0.1) is 0 Å². The zero-order chi connectivity index (χ0) is 6.48. The molecule has 2 bridgehead atoms. The number of rotatable bonds is 0. The van der Waals surface area contributed by atoms with Gasteiger partial charge < -0.3 is 5.32 Å². The van der Waals surface area contributed by atoms with Crippen molar-refractivity contribution in [2.45, 2.75) is 16.9 Å². The Morgan fingerprint density at radius 2 is 2.44 bits per heavy atom. The molecule has 4 heteroatoms. The van der Waals surface area contributed by atoms with Crippen molar-refractivity contribution in [3.8, 4) is 0 Å². The van der Waals surface area contributed by atoms with Gasteiger partial charge >= 0.3 is 0 Å². The molecule has 0 radical (unpaired) electrons. The molecular weight excluding hydrogens is 248 g/mol. The van der Waals surface area contributed by atoms with Gasteiger partial charge in [-0.15, -0.1) is 0 Å². The summed E-state index contributed by atoms with van der Waals surface area (Å²) in [5, 5.41) is 3.41. The monoisotopic (exact) mass is 254 g/mol. The Morgan fingerprint density at radius 1 is 1.67 bits per heavy atom. The summed E-state index contributed by atoms with van der Waals surface area (Å²) >= 11 is 7.17. The van der Waals surface area contributed by atoms with Crippen LogP contribution in [0.25, 0.3) is 0 Å². The van der Waals surface area contributed by atoms with E-state index in [1.807, 2.05) is 0 Å². The van der Waals surface area contributed by atoms with Gasteiger partial charge in [-0.2, -0.15) is 0 Å². The van der Waals surface area contributed by atoms with Crippen LogP contribution in [0.5, 0.6) is 0 Å². The van der Waals surface area contributed by atoms with Crippen molar-refractivity contribution >= 4 is 32.1 Å². The Balaban J connectivity index is 2.22. The van der Waals surface area contributed by atoms with Crippen molar-refractivity contribution in [2.75, 3.05) is 13.1 Å². The molecule has 0 aliphatic carbocycles. The van der Waals surface area contributed by atoms with Crippen LogP contribution in [-0.4, -0.2) is 27.5 Å². The Hall–Kier alpha value is 0.880. The fourth-order valence-electron chi connectivity index (χ4n) is 1.49. The highest BCUT2D eigenvalue weighted by atomic mass is 79.9. The van der Waals surface area contributed by atoms with E-state index < -0.39 is 0 Å². The van der Waals surface area contributed by atoms with Crippen LogP contribution in [0.1, 0.15) is 6.42 Å². The van der Waals surface area contributed by atoms with Crippen LogP contribution in [0, 0.1) is 0 Å². The third-order valence-corrected chi connectivity index (χ3v) is 4.51. The Labute approximate surface area is 71.4 Å². The first kappa shape index (κ1) is 6.58. The summed E-state index contributed by atoms with van der Waals surface area (Å²) in [5.74, 6) is 0. The maximum atomic E-state index is 3.67. The number of alkyl halides is 1. The molecule has 2 saturated heterocycles. The van der Waals surface area contributed by atoms with Crippen molar-refractivity contribution in [1.82, 2.24) is 9.24 Å². The third kappa shape index (κ3) is 0.878. The fraction of sp³-hybridized carbons (Fsp3) is 1.00. The number of hydrogen-bond acceptors (Lipinski definition) is 2. The molecular formula is C5H8Br2N2. The van der Waals surface area contributed by atoms with Crippen LogP contribution >= 0.6 is 32.1 Å². The summed E-state index contributed by atoms with van der Waals surface area (Å²) < 4.78 is 2.42. The van der Waals surface area contributed by atoms with Gasteiger partial charge in [-0.25, -0.2) is 3.93 Å². The van der Waals surface area contributed by atoms with Crippen molar-refractivity contribution in [3.05, 3.63) is 0 Å². The first-order valence-electron chi connectivity index (χ1n) is 3.06. The van der Waals surface area contributed by atoms with E-state index in [-0.39, 0.29) is 4.45 Å². The molecule has 2 rings (SSSR count). The number of piperazine rings is 1. The highest BCUT2D eigenvalue weighted by molar-refractivity contribution is 9.11. The summed E-state index contributed by atoms with van der Waals surface area (Å²) in [5.41, 5.74) is 0. The lowest BCUT2D eigenvalue weighted by Gasteiger charge is -2.27. The van der Waals surface area contributed by atoms with E-state index in [1.54, 1.807) is 0 Å². The topological polar surface area (TPSA) is 15.3 Å². The summed E-state index contributed by atoms with van der Waals surface area (Å²) in [6, 6.07) is 0.698. The minimum absolute atomic E-state index is 0.220. The summed E-state index contributed by atoms with van der Waals surface area (Å²) in [6.45, 7) is 2.17. The fourth-order valence-corrected chi connectivity index (χ4v) is 2.81. The Bertz CT molecular complexity index is 141. The molecule has 9 heavy (non-hydrogen) atoms. The van der Waals surface area contributed by atoms with Crippen LogP contribution in [0.2, 0.25) is 0 Å². The van der Waals surface area contributed by atoms with Gasteiger partial charge in [-0.3, -0.25) is 0 Å². The third-order valence-electron chi connectivity index (χ3n) is 2.04. The van der Waals surface area contributed by atoms with Crippen molar-refractivity contribution in [3.63, 3.8) is 0 Å². The predicted molar refractivity (Wildman–Crippen MR) is 43.7 cm³/mol. The number of nitrogens with zero attached hydrogens (tertiary/aromatic N) is 1. The van der Waals surface area contributed by atoms with Gasteiger partial charge in [0.1, 0.15) is 4.45 Å². The molecule has 0 aromatic carbocycles. The number of fused-ring (bicyclic) bond motifs is 2. The van der Waals surface area contributed by atoms with E-state index in [4.69, 9.17) is 0 Å². The van der Waals surface area contributed by atoms with E-state index in [9.17, 15) is 0 Å². The van der Waals surface area contributed by atoms with Gasteiger partial charge in [0.15, 0.2) is 0 Å². The molecule has 1 N–H and O–H groups in total. The van der Waals surface area contributed by atoms with Crippen molar-refractivity contribution in [2.24, 2.45) is 0 Å². The molecule has 0 aromatic heterocycles. The minimum Gasteiger partial charge on any atom is -0.310 e. The SMILES string of the molecule is BrN1CC2CC1(Br)CN2. The summed E-state index contributed by atoms with van der Waals surface area (Å²) in [4.78, 5) is 0. The van der Waals surface area contributed by atoms with Gasteiger partial charge in [-0.1, -0.05) is 15.9 Å². The van der Waals surface area contributed by atoms with Gasteiger partial charge in [0.2, 0.25) is 0 Å². The average molecular weight is 256 g/mol. The zero-order valence-corrected chi connectivity index (χ0v) is 8.07.